The number of nitriles is 1. The van der Waals surface area contributed by atoms with E-state index < -0.39 is 11.7 Å². The lowest BCUT2D eigenvalue weighted by Gasteiger charge is -2.07. The highest BCUT2D eigenvalue weighted by Gasteiger charge is 2.11. The standard InChI is InChI=1S/C26H18FN3O2/c27-25-14-19(15-28)8-12-24(25)26(31)30-29-16-18-6-10-23(11-7-18)32-17-20-5-9-21-3-1-2-4-22(21)13-20/h1-14,16H,17H2,(H,30,31). The Bertz CT molecular complexity index is 1340. The third-order valence-electron chi connectivity index (χ3n) is 4.82. The molecule has 0 aromatic heterocycles. The maximum absolute atomic E-state index is 13.9. The highest BCUT2D eigenvalue weighted by Crippen LogP contribution is 2.18. The molecule has 4 aromatic rings. The summed E-state index contributed by atoms with van der Waals surface area (Å²) in [4.78, 5) is 12.0. The SMILES string of the molecule is N#Cc1ccc(C(=O)NN=Cc2ccc(OCc3ccc4ccccc4c3)cc2)c(F)c1. The number of hydrazone groups is 1. The van der Waals surface area contributed by atoms with Crippen molar-refractivity contribution < 1.29 is 13.9 Å². The molecule has 0 spiro atoms. The number of fused-ring (bicyclic) bond motifs is 1. The molecule has 0 saturated carbocycles. The molecule has 0 saturated heterocycles. The first-order valence-corrected chi connectivity index (χ1v) is 9.86. The molecule has 156 valence electrons. The number of carbonyl (C=O) groups is 1. The fourth-order valence-electron chi connectivity index (χ4n) is 3.14. The van der Waals surface area contributed by atoms with Gasteiger partial charge in [0.1, 0.15) is 18.2 Å². The van der Waals surface area contributed by atoms with Crippen molar-refractivity contribution >= 4 is 22.9 Å². The molecule has 0 aliphatic carbocycles. The van der Waals surface area contributed by atoms with E-state index in [0.717, 1.165) is 17.2 Å². The average Bonchev–Trinajstić information content (AvgIpc) is 2.83. The zero-order valence-electron chi connectivity index (χ0n) is 17.0. The van der Waals surface area contributed by atoms with Gasteiger partial charge in [0.15, 0.2) is 0 Å². The first-order chi connectivity index (χ1) is 15.6. The second-order valence-corrected chi connectivity index (χ2v) is 7.04. The zero-order valence-corrected chi connectivity index (χ0v) is 17.0. The van der Waals surface area contributed by atoms with Gasteiger partial charge in [-0.25, -0.2) is 9.82 Å². The number of hydrogen-bond acceptors (Lipinski definition) is 4. The molecule has 0 bridgehead atoms. The molecule has 0 aliphatic rings. The number of halogens is 1. The molecule has 5 nitrogen and oxygen atoms in total. The summed E-state index contributed by atoms with van der Waals surface area (Å²) in [6, 6.07) is 27.1. The predicted molar refractivity (Wildman–Crippen MR) is 121 cm³/mol. The van der Waals surface area contributed by atoms with E-state index >= 15 is 0 Å². The van der Waals surface area contributed by atoms with E-state index in [2.05, 4.69) is 34.8 Å². The number of rotatable bonds is 6. The number of carbonyl (C=O) groups excluding carboxylic acids is 1. The third-order valence-corrected chi connectivity index (χ3v) is 4.82. The Morgan fingerprint density at radius 3 is 2.53 bits per heavy atom. The summed E-state index contributed by atoms with van der Waals surface area (Å²) in [6.07, 6.45) is 1.45. The zero-order chi connectivity index (χ0) is 22.3. The van der Waals surface area contributed by atoms with Crippen LogP contribution in [-0.4, -0.2) is 12.1 Å². The van der Waals surface area contributed by atoms with Crippen LogP contribution in [0.3, 0.4) is 0 Å². The van der Waals surface area contributed by atoms with Gasteiger partial charge in [0, 0.05) is 0 Å². The molecule has 1 N–H and O–H groups in total. The van der Waals surface area contributed by atoms with Crippen molar-refractivity contribution in [3.05, 3.63) is 113 Å². The first-order valence-electron chi connectivity index (χ1n) is 9.86. The highest BCUT2D eigenvalue weighted by molar-refractivity contribution is 5.95. The van der Waals surface area contributed by atoms with Gasteiger partial charge in [0.05, 0.1) is 23.4 Å². The third kappa shape index (κ3) is 4.97. The molecule has 32 heavy (non-hydrogen) atoms. The van der Waals surface area contributed by atoms with Crippen molar-refractivity contribution in [1.29, 1.82) is 5.26 Å². The van der Waals surface area contributed by atoms with Crippen LogP contribution in [0.4, 0.5) is 4.39 Å². The van der Waals surface area contributed by atoms with Gasteiger partial charge in [0.25, 0.3) is 5.91 Å². The Balaban J connectivity index is 1.32. The second-order valence-electron chi connectivity index (χ2n) is 7.04. The van der Waals surface area contributed by atoms with Gasteiger partial charge in [-0.2, -0.15) is 10.4 Å². The average molecular weight is 423 g/mol. The molecule has 0 heterocycles. The molecule has 0 atom stereocenters. The Labute approximate surface area is 184 Å². The van der Waals surface area contributed by atoms with E-state index in [0.29, 0.717) is 12.4 Å². The number of nitrogens with zero attached hydrogens (tertiary/aromatic N) is 2. The lowest BCUT2D eigenvalue weighted by atomic mass is 10.1. The van der Waals surface area contributed by atoms with Crippen LogP contribution in [0.5, 0.6) is 5.75 Å². The smallest absolute Gasteiger partial charge is 0.274 e. The normalized spacial score (nSPS) is 10.8. The lowest BCUT2D eigenvalue weighted by molar-refractivity contribution is 0.0951. The van der Waals surface area contributed by atoms with Crippen molar-refractivity contribution in [3.8, 4) is 11.8 Å². The Morgan fingerprint density at radius 1 is 1.00 bits per heavy atom. The van der Waals surface area contributed by atoms with Crippen LogP contribution in [0.25, 0.3) is 10.8 Å². The summed E-state index contributed by atoms with van der Waals surface area (Å²) in [5.74, 6) is -0.762. The van der Waals surface area contributed by atoms with E-state index in [9.17, 15) is 9.18 Å². The maximum Gasteiger partial charge on any atom is 0.274 e. The molecule has 6 heteroatoms. The topological polar surface area (TPSA) is 74.5 Å². The van der Waals surface area contributed by atoms with E-state index in [1.165, 1.54) is 29.1 Å². The quantitative estimate of drug-likeness (QED) is 0.342. The Morgan fingerprint density at radius 2 is 1.78 bits per heavy atom. The first kappa shape index (κ1) is 20.8. The van der Waals surface area contributed by atoms with Gasteiger partial charge in [-0.3, -0.25) is 4.79 Å². The minimum absolute atomic E-state index is 0.144. The molecule has 0 radical (unpaired) electrons. The molecular weight excluding hydrogens is 405 g/mol. The summed E-state index contributed by atoms with van der Waals surface area (Å²) in [7, 11) is 0. The van der Waals surface area contributed by atoms with E-state index in [1.54, 1.807) is 12.1 Å². The number of ether oxygens (including phenoxy) is 1. The minimum atomic E-state index is -0.773. The fraction of sp³-hybridized carbons (Fsp3) is 0.0385. The van der Waals surface area contributed by atoms with Crippen LogP contribution < -0.4 is 10.2 Å². The number of hydrogen-bond donors (Lipinski definition) is 1. The minimum Gasteiger partial charge on any atom is -0.489 e. The van der Waals surface area contributed by atoms with Gasteiger partial charge < -0.3 is 4.74 Å². The fourth-order valence-corrected chi connectivity index (χ4v) is 3.14. The van der Waals surface area contributed by atoms with Crippen LogP contribution in [0.1, 0.15) is 27.0 Å². The largest absolute Gasteiger partial charge is 0.489 e. The molecular formula is C26H18FN3O2. The monoisotopic (exact) mass is 423 g/mol. The van der Waals surface area contributed by atoms with Crippen LogP contribution in [0, 0.1) is 17.1 Å². The number of amides is 1. The van der Waals surface area contributed by atoms with Crippen LogP contribution in [0.15, 0.2) is 90.0 Å². The van der Waals surface area contributed by atoms with Crippen molar-refractivity contribution in [2.24, 2.45) is 5.10 Å². The Kier molecular flexibility index (Phi) is 6.19. The van der Waals surface area contributed by atoms with Crippen molar-refractivity contribution in [2.45, 2.75) is 6.61 Å². The predicted octanol–water partition coefficient (Wildman–Crippen LogP) is 5.19. The van der Waals surface area contributed by atoms with Gasteiger partial charge in [-0.1, -0.05) is 36.4 Å². The summed E-state index contributed by atoms with van der Waals surface area (Å²) in [5, 5.41) is 15.0. The molecule has 0 aliphatic heterocycles. The van der Waals surface area contributed by atoms with Crippen LogP contribution >= 0.6 is 0 Å². The summed E-state index contributed by atoms with van der Waals surface area (Å²) in [6.45, 7) is 0.449. The van der Waals surface area contributed by atoms with Crippen LogP contribution in [-0.2, 0) is 6.61 Å². The Hall–Kier alpha value is -4.50. The van der Waals surface area contributed by atoms with Gasteiger partial charge >= 0.3 is 0 Å². The van der Waals surface area contributed by atoms with E-state index in [-0.39, 0.29) is 11.1 Å². The summed E-state index contributed by atoms with van der Waals surface area (Å²) in [5.41, 5.74) is 4.06. The van der Waals surface area contributed by atoms with Crippen molar-refractivity contribution in [2.75, 3.05) is 0 Å². The lowest BCUT2D eigenvalue weighted by Crippen LogP contribution is -2.19. The van der Waals surface area contributed by atoms with E-state index in [1.807, 2.05) is 36.4 Å². The van der Waals surface area contributed by atoms with Crippen molar-refractivity contribution in [1.82, 2.24) is 5.43 Å². The van der Waals surface area contributed by atoms with E-state index in [4.69, 9.17) is 10.00 Å². The van der Waals surface area contributed by atoms with Gasteiger partial charge in [-0.15, -0.1) is 0 Å². The summed E-state index contributed by atoms with van der Waals surface area (Å²) >= 11 is 0. The molecule has 0 fully saturated rings. The molecule has 0 unspecified atom stereocenters. The summed E-state index contributed by atoms with van der Waals surface area (Å²) < 4.78 is 19.7. The molecule has 4 rings (SSSR count). The molecule has 4 aromatic carbocycles. The second kappa shape index (κ2) is 9.54. The van der Waals surface area contributed by atoms with Gasteiger partial charge in [0.2, 0.25) is 0 Å². The maximum atomic E-state index is 13.9. The van der Waals surface area contributed by atoms with Gasteiger partial charge in [-0.05, 0) is 70.4 Å². The number of benzene rings is 4. The van der Waals surface area contributed by atoms with Crippen molar-refractivity contribution in [3.63, 3.8) is 0 Å². The molecule has 1 amide bonds. The number of nitrogens with one attached hydrogen (secondary N) is 1. The van der Waals surface area contributed by atoms with Crippen LogP contribution in [0.2, 0.25) is 0 Å². The highest BCUT2D eigenvalue weighted by atomic mass is 19.1.